The Morgan fingerprint density at radius 2 is 1.55 bits per heavy atom. The highest BCUT2D eigenvalue weighted by molar-refractivity contribution is 6.12. The van der Waals surface area contributed by atoms with Gasteiger partial charge in [-0.2, -0.15) is 0 Å². The number of anilines is 2. The third kappa shape index (κ3) is 7.35. The highest BCUT2D eigenvalue weighted by Gasteiger charge is 2.30. The van der Waals surface area contributed by atoms with Gasteiger partial charge in [0.05, 0.1) is 13.7 Å². The van der Waals surface area contributed by atoms with Crippen LogP contribution < -0.4 is 15.0 Å². The summed E-state index contributed by atoms with van der Waals surface area (Å²) in [6.45, 7) is 2.83. The molecule has 1 amide bonds. The van der Waals surface area contributed by atoms with E-state index in [1.807, 2.05) is 84.6 Å². The molecule has 226 valence electrons. The molecule has 0 bridgehead atoms. The van der Waals surface area contributed by atoms with Crippen LogP contribution in [-0.4, -0.2) is 44.0 Å². The molecule has 0 saturated heterocycles. The second-order valence-electron chi connectivity index (χ2n) is 11.1. The van der Waals surface area contributed by atoms with Gasteiger partial charge in [0.1, 0.15) is 18.4 Å². The zero-order chi connectivity index (χ0) is 30.9. The Balaban J connectivity index is 1.23. The van der Waals surface area contributed by atoms with Crippen molar-refractivity contribution in [3.8, 4) is 5.75 Å². The number of ketones is 1. The van der Waals surface area contributed by atoms with Gasteiger partial charge in [0, 0.05) is 34.8 Å². The van der Waals surface area contributed by atoms with E-state index in [0.717, 1.165) is 36.1 Å². The smallest absolute Gasteiger partial charge is 0.328 e. The molecule has 1 fully saturated rings. The molecule has 0 heterocycles. The number of para-hydroxylation sites is 2. The van der Waals surface area contributed by atoms with Crippen molar-refractivity contribution < 1.29 is 23.9 Å². The number of esters is 1. The molecule has 4 aromatic carbocycles. The Bertz CT molecular complexity index is 1580. The Hall–Kier alpha value is -4.91. The fourth-order valence-corrected chi connectivity index (χ4v) is 5.38. The molecule has 5 rings (SSSR count). The summed E-state index contributed by atoms with van der Waals surface area (Å²) in [7, 11) is 1.35. The molecule has 0 radical (unpaired) electrons. The SMILES string of the molecule is COC(=O)[C@H](Cc1ccc(OCCN(C(=O)C2CCC2)c2ccccc2C)cc1)Nc1ccccc1C(=O)c1ccccc1. The van der Waals surface area contributed by atoms with Crippen LogP contribution in [0.3, 0.4) is 0 Å². The minimum Gasteiger partial charge on any atom is -0.492 e. The van der Waals surface area contributed by atoms with Crippen LogP contribution in [0.4, 0.5) is 11.4 Å². The Morgan fingerprint density at radius 3 is 2.23 bits per heavy atom. The average molecular weight is 591 g/mol. The van der Waals surface area contributed by atoms with Crippen molar-refractivity contribution in [2.24, 2.45) is 5.92 Å². The number of aryl methyl sites for hydroxylation is 1. The molecule has 0 aliphatic heterocycles. The van der Waals surface area contributed by atoms with Crippen molar-refractivity contribution in [2.45, 2.75) is 38.6 Å². The predicted octanol–water partition coefficient (Wildman–Crippen LogP) is 6.63. The molecule has 7 nitrogen and oxygen atoms in total. The maximum absolute atomic E-state index is 13.2. The largest absolute Gasteiger partial charge is 0.492 e. The van der Waals surface area contributed by atoms with Gasteiger partial charge in [0.25, 0.3) is 0 Å². The first-order valence-electron chi connectivity index (χ1n) is 15.1. The van der Waals surface area contributed by atoms with Crippen molar-refractivity contribution in [1.29, 1.82) is 0 Å². The van der Waals surface area contributed by atoms with E-state index in [4.69, 9.17) is 9.47 Å². The number of ether oxygens (including phenoxy) is 2. The van der Waals surface area contributed by atoms with Gasteiger partial charge in [-0.3, -0.25) is 9.59 Å². The lowest BCUT2D eigenvalue weighted by molar-refractivity contribution is -0.141. The normalized spacial score (nSPS) is 13.3. The Kier molecular flexibility index (Phi) is 10.1. The third-order valence-corrected chi connectivity index (χ3v) is 8.10. The molecular weight excluding hydrogens is 552 g/mol. The van der Waals surface area contributed by atoms with Crippen molar-refractivity contribution in [3.63, 3.8) is 0 Å². The van der Waals surface area contributed by atoms with Crippen LogP contribution in [0.25, 0.3) is 0 Å². The van der Waals surface area contributed by atoms with E-state index < -0.39 is 12.0 Å². The molecule has 1 N–H and O–H groups in total. The lowest BCUT2D eigenvalue weighted by Crippen LogP contribution is -2.41. The first-order chi connectivity index (χ1) is 21.4. The van der Waals surface area contributed by atoms with Crippen molar-refractivity contribution in [3.05, 3.63) is 125 Å². The van der Waals surface area contributed by atoms with Crippen LogP contribution in [0.5, 0.6) is 5.75 Å². The minimum atomic E-state index is -0.711. The molecule has 1 saturated carbocycles. The molecule has 0 spiro atoms. The monoisotopic (exact) mass is 590 g/mol. The molecule has 7 heteroatoms. The standard InChI is InChI=1S/C37H38N2O5/c1-26-11-6-9-18-34(26)39(36(41)29-14-10-15-29)23-24-44-30-21-19-27(20-22-30)25-33(37(42)43-2)38-32-17-8-7-16-31(32)35(40)28-12-4-3-5-13-28/h3-9,11-13,16-22,29,33,38H,10,14-15,23-25H2,1-2H3/t33-/m0/s1. The minimum absolute atomic E-state index is 0.0914. The molecule has 1 aliphatic rings. The summed E-state index contributed by atoms with van der Waals surface area (Å²) < 4.78 is 11.1. The van der Waals surface area contributed by atoms with Crippen LogP contribution in [0.2, 0.25) is 0 Å². The summed E-state index contributed by atoms with van der Waals surface area (Å²) in [6.07, 6.45) is 3.34. The number of carbonyl (C=O) groups is 3. The van der Waals surface area contributed by atoms with E-state index in [-0.39, 0.29) is 17.6 Å². The summed E-state index contributed by atoms with van der Waals surface area (Å²) in [5.41, 5.74) is 4.50. The topological polar surface area (TPSA) is 84.9 Å². The molecule has 0 aromatic heterocycles. The summed E-state index contributed by atoms with van der Waals surface area (Å²) in [5, 5.41) is 3.24. The highest BCUT2D eigenvalue weighted by atomic mass is 16.5. The lowest BCUT2D eigenvalue weighted by atomic mass is 9.84. The summed E-state index contributed by atoms with van der Waals surface area (Å²) >= 11 is 0. The third-order valence-electron chi connectivity index (χ3n) is 8.10. The van der Waals surface area contributed by atoms with E-state index in [1.165, 1.54) is 7.11 Å². The maximum Gasteiger partial charge on any atom is 0.328 e. The Morgan fingerprint density at radius 1 is 0.864 bits per heavy atom. The second kappa shape index (κ2) is 14.5. The van der Waals surface area contributed by atoms with Crippen LogP contribution in [0.1, 0.15) is 46.3 Å². The van der Waals surface area contributed by atoms with Gasteiger partial charge in [-0.15, -0.1) is 0 Å². The quantitative estimate of drug-likeness (QED) is 0.139. The number of rotatable bonds is 13. The van der Waals surface area contributed by atoms with Crippen molar-refractivity contribution >= 4 is 29.0 Å². The van der Waals surface area contributed by atoms with Crippen LogP contribution in [-0.2, 0) is 20.7 Å². The predicted molar refractivity (Wildman–Crippen MR) is 172 cm³/mol. The van der Waals surface area contributed by atoms with E-state index in [1.54, 1.807) is 30.3 Å². The van der Waals surface area contributed by atoms with E-state index >= 15 is 0 Å². The van der Waals surface area contributed by atoms with Crippen molar-refractivity contribution in [1.82, 2.24) is 0 Å². The maximum atomic E-state index is 13.2. The lowest BCUT2D eigenvalue weighted by Gasteiger charge is -2.32. The number of nitrogens with zero attached hydrogens (tertiary/aromatic N) is 1. The second-order valence-corrected chi connectivity index (χ2v) is 11.1. The molecule has 1 aliphatic carbocycles. The highest BCUT2D eigenvalue weighted by Crippen LogP contribution is 2.31. The van der Waals surface area contributed by atoms with E-state index in [0.29, 0.717) is 42.1 Å². The van der Waals surface area contributed by atoms with Gasteiger partial charge in [0.2, 0.25) is 5.91 Å². The van der Waals surface area contributed by atoms with E-state index in [2.05, 4.69) is 5.32 Å². The number of benzene rings is 4. The number of amides is 1. The van der Waals surface area contributed by atoms with Crippen molar-refractivity contribution in [2.75, 3.05) is 30.5 Å². The van der Waals surface area contributed by atoms with Gasteiger partial charge in [-0.1, -0.05) is 79.2 Å². The fraction of sp³-hybridized carbons (Fsp3) is 0.270. The van der Waals surface area contributed by atoms with Crippen LogP contribution >= 0.6 is 0 Å². The first-order valence-corrected chi connectivity index (χ1v) is 15.1. The number of hydrogen-bond acceptors (Lipinski definition) is 6. The van der Waals surface area contributed by atoms with Gasteiger partial charge in [-0.05, 0) is 61.2 Å². The van der Waals surface area contributed by atoms with Crippen LogP contribution in [0.15, 0.2) is 103 Å². The van der Waals surface area contributed by atoms with Crippen LogP contribution in [0, 0.1) is 12.8 Å². The van der Waals surface area contributed by atoms with E-state index in [9.17, 15) is 14.4 Å². The molecular formula is C37H38N2O5. The fourth-order valence-electron chi connectivity index (χ4n) is 5.38. The van der Waals surface area contributed by atoms with Gasteiger partial charge < -0.3 is 19.7 Å². The number of hydrogen-bond donors (Lipinski definition) is 1. The average Bonchev–Trinajstić information content (AvgIpc) is 3.03. The Labute approximate surface area is 258 Å². The van der Waals surface area contributed by atoms with Gasteiger partial charge in [-0.25, -0.2) is 4.79 Å². The summed E-state index contributed by atoms with van der Waals surface area (Å²) in [6, 6.07) is 31.0. The molecule has 0 unspecified atom stereocenters. The van der Waals surface area contributed by atoms with Gasteiger partial charge >= 0.3 is 5.97 Å². The zero-order valence-electron chi connectivity index (χ0n) is 25.2. The summed E-state index contributed by atoms with van der Waals surface area (Å²) in [4.78, 5) is 41.1. The first kappa shape index (κ1) is 30.5. The molecule has 1 atom stereocenters. The molecule has 4 aromatic rings. The molecule has 44 heavy (non-hydrogen) atoms. The number of nitrogens with one attached hydrogen (secondary N) is 1. The van der Waals surface area contributed by atoms with Gasteiger partial charge in [0.15, 0.2) is 5.78 Å². The zero-order valence-corrected chi connectivity index (χ0v) is 25.2. The summed E-state index contributed by atoms with van der Waals surface area (Å²) in [5.74, 6) is 0.372. The number of carbonyl (C=O) groups excluding carboxylic acids is 3. The number of methoxy groups -OCH3 is 1.